The minimum absolute atomic E-state index is 0.336. The van der Waals surface area contributed by atoms with Gasteiger partial charge in [-0.1, -0.05) is 33.6 Å². The van der Waals surface area contributed by atoms with E-state index in [1.54, 1.807) is 36.4 Å². The average Bonchev–Trinajstić information content (AvgIpc) is 2.47. The lowest BCUT2D eigenvalue weighted by Gasteiger charge is -2.06. The Hall–Kier alpha value is -1.92. The summed E-state index contributed by atoms with van der Waals surface area (Å²) in [6, 6.07) is 9.86. The molecule has 0 saturated heterocycles. The van der Waals surface area contributed by atoms with E-state index in [1.807, 2.05) is 0 Å². The molecule has 0 spiro atoms. The normalized spacial score (nSPS) is 10.0. The van der Waals surface area contributed by atoms with Crippen molar-refractivity contribution in [3.8, 4) is 0 Å². The van der Waals surface area contributed by atoms with Crippen LogP contribution in [-0.2, 0) is 9.53 Å². The standard InChI is InChI=1S/C14H10BrClN2O3/c15-10-3-1-2-9(6-10)14(20)21-8-13(19)18-12-5-4-11(16)7-17-12/h1-7H,8H2,(H,17,18,19). The van der Waals surface area contributed by atoms with Gasteiger partial charge in [-0.25, -0.2) is 9.78 Å². The number of pyridine rings is 1. The summed E-state index contributed by atoms with van der Waals surface area (Å²) in [7, 11) is 0. The topological polar surface area (TPSA) is 68.3 Å². The van der Waals surface area contributed by atoms with Crippen molar-refractivity contribution in [2.45, 2.75) is 0 Å². The molecule has 21 heavy (non-hydrogen) atoms. The number of hydrogen-bond acceptors (Lipinski definition) is 4. The number of carbonyl (C=O) groups is 2. The summed E-state index contributed by atoms with van der Waals surface area (Å²) in [5.74, 6) is -0.716. The number of aromatic nitrogens is 1. The lowest BCUT2D eigenvalue weighted by atomic mass is 10.2. The zero-order valence-corrected chi connectivity index (χ0v) is 13.0. The number of nitrogens with zero attached hydrogens (tertiary/aromatic N) is 1. The Bertz CT molecular complexity index is 662. The van der Waals surface area contributed by atoms with Crippen molar-refractivity contribution in [1.29, 1.82) is 0 Å². The van der Waals surface area contributed by atoms with Crippen LogP contribution in [0.15, 0.2) is 47.1 Å². The van der Waals surface area contributed by atoms with Gasteiger partial charge < -0.3 is 10.1 Å². The zero-order chi connectivity index (χ0) is 15.2. The monoisotopic (exact) mass is 368 g/mol. The van der Waals surface area contributed by atoms with Crippen molar-refractivity contribution in [2.75, 3.05) is 11.9 Å². The Labute approximate surface area is 134 Å². The van der Waals surface area contributed by atoms with Crippen LogP contribution in [0.4, 0.5) is 5.82 Å². The van der Waals surface area contributed by atoms with Crippen LogP contribution >= 0.6 is 27.5 Å². The van der Waals surface area contributed by atoms with E-state index < -0.39 is 18.5 Å². The maximum absolute atomic E-state index is 11.7. The van der Waals surface area contributed by atoms with E-state index in [9.17, 15) is 9.59 Å². The molecule has 0 fully saturated rings. The molecule has 0 aliphatic heterocycles. The van der Waals surface area contributed by atoms with Crippen LogP contribution in [0.25, 0.3) is 0 Å². The number of anilines is 1. The van der Waals surface area contributed by atoms with Gasteiger partial charge >= 0.3 is 5.97 Å². The Morgan fingerprint density at radius 2 is 2.10 bits per heavy atom. The average molecular weight is 370 g/mol. The van der Waals surface area contributed by atoms with Gasteiger partial charge in [-0.15, -0.1) is 0 Å². The highest BCUT2D eigenvalue weighted by Crippen LogP contribution is 2.13. The molecule has 1 heterocycles. The van der Waals surface area contributed by atoms with Gasteiger partial charge in [0.2, 0.25) is 0 Å². The Morgan fingerprint density at radius 3 is 2.76 bits per heavy atom. The van der Waals surface area contributed by atoms with Crippen LogP contribution in [0.1, 0.15) is 10.4 Å². The Morgan fingerprint density at radius 1 is 1.29 bits per heavy atom. The van der Waals surface area contributed by atoms with Gasteiger partial charge in [-0.2, -0.15) is 0 Å². The van der Waals surface area contributed by atoms with E-state index in [1.165, 1.54) is 6.20 Å². The fourth-order valence-corrected chi connectivity index (χ4v) is 1.97. The minimum atomic E-state index is -0.574. The summed E-state index contributed by atoms with van der Waals surface area (Å²) in [6.45, 7) is -0.393. The molecule has 7 heteroatoms. The van der Waals surface area contributed by atoms with Gasteiger partial charge in [0.1, 0.15) is 5.82 Å². The van der Waals surface area contributed by atoms with Gasteiger partial charge in [0.25, 0.3) is 5.91 Å². The minimum Gasteiger partial charge on any atom is -0.452 e. The highest BCUT2D eigenvalue weighted by molar-refractivity contribution is 9.10. The molecular weight excluding hydrogens is 360 g/mol. The quantitative estimate of drug-likeness (QED) is 0.840. The van der Waals surface area contributed by atoms with E-state index in [0.717, 1.165) is 4.47 Å². The maximum atomic E-state index is 11.7. The third-order valence-corrected chi connectivity index (χ3v) is 3.11. The summed E-state index contributed by atoms with van der Waals surface area (Å²) in [5.41, 5.74) is 0.363. The molecule has 5 nitrogen and oxygen atoms in total. The van der Waals surface area contributed by atoms with Crippen molar-refractivity contribution in [1.82, 2.24) is 4.98 Å². The second-order valence-corrected chi connectivity index (χ2v) is 5.35. The van der Waals surface area contributed by atoms with E-state index >= 15 is 0 Å². The fraction of sp³-hybridized carbons (Fsp3) is 0.0714. The zero-order valence-electron chi connectivity index (χ0n) is 10.7. The molecule has 1 aromatic heterocycles. The smallest absolute Gasteiger partial charge is 0.338 e. The molecule has 0 unspecified atom stereocenters. The first-order chi connectivity index (χ1) is 10.0. The molecule has 2 aromatic rings. The first kappa shape index (κ1) is 15.5. The number of halogens is 2. The van der Waals surface area contributed by atoms with Crippen molar-refractivity contribution < 1.29 is 14.3 Å². The molecule has 0 bridgehead atoms. The molecule has 1 amide bonds. The summed E-state index contributed by atoms with van der Waals surface area (Å²) in [4.78, 5) is 27.3. The number of esters is 1. The highest BCUT2D eigenvalue weighted by Gasteiger charge is 2.10. The number of hydrogen-bond donors (Lipinski definition) is 1. The van der Waals surface area contributed by atoms with Crippen molar-refractivity contribution >= 4 is 45.2 Å². The number of nitrogens with one attached hydrogen (secondary N) is 1. The van der Waals surface area contributed by atoms with Crippen LogP contribution in [0.2, 0.25) is 5.02 Å². The van der Waals surface area contributed by atoms with Crippen LogP contribution in [-0.4, -0.2) is 23.5 Å². The Kier molecular flexibility index (Phi) is 5.30. The van der Waals surface area contributed by atoms with E-state index in [2.05, 4.69) is 26.2 Å². The molecule has 0 saturated carbocycles. The maximum Gasteiger partial charge on any atom is 0.338 e. The molecule has 0 atom stereocenters. The van der Waals surface area contributed by atoms with Gasteiger partial charge in [-0.3, -0.25) is 4.79 Å². The van der Waals surface area contributed by atoms with E-state index in [0.29, 0.717) is 16.4 Å². The molecule has 1 N–H and O–H groups in total. The predicted octanol–water partition coefficient (Wildman–Crippen LogP) is 3.29. The van der Waals surface area contributed by atoms with Gasteiger partial charge in [-0.05, 0) is 30.3 Å². The van der Waals surface area contributed by atoms with Crippen LogP contribution in [0.3, 0.4) is 0 Å². The second kappa shape index (κ2) is 7.19. The molecule has 2 rings (SSSR count). The largest absolute Gasteiger partial charge is 0.452 e. The van der Waals surface area contributed by atoms with Crippen LogP contribution < -0.4 is 5.32 Å². The molecule has 0 radical (unpaired) electrons. The number of amides is 1. The summed E-state index contributed by atoms with van der Waals surface area (Å²) >= 11 is 8.94. The fourth-order valence-electron chi connectivity index (χ4n) is 1.46. The molecule has 108 valence electrons. The molecule has 0 aliphatic carbocycles. The van der Waals surface area contributed by atoms with Crippen molar-refractivity contribution in [3.05, 3.63) is 57.7 Å². The van der Waals surface area contributed by atoms with E-state index in [4.69, 9.17) is 16.3 Å². The summed E-state index contributed by atoms with van der Waals surface area (Å²) in [6.07, 6.45) is 1.41. The third kappa shape index (κ3) is 4.84. The Balaban J connectivity index is 1.86. The summed E-state index contributed by atoms with van der Waals surface area (Å²) < 4.78 is 5.67. The predicted molar refractivity (Wildman–Crippen MR) is 82.3 cm³/mol. The number of ether oxygens (including phenoxy) is 1. The first-order valence-corrected chi connectivity index (χ1v) is 7.06. The lowest BCUT2D eigenvalue weighted by molar-refractivity contribution is -0.119. The highest BCUT2D eigenvalue weighted by atomic mass is 79.9. The third-order valence-electron chi connectivity index (χ3n) is 2.39. The van der Waals surface area contributed by atoms with Gasteiger partial charge in [0.05, 0.1) is 10.6 Å². The van der Waals surface area contributed by atoms with Crippen molar-refractivity contribution in [2.24, 2.45) is 0 Å². The number of benzene rings is 1. The summed E-state index contributed by atoms with van der Waals surface area (Å²) in [5, 5.41) is 2.96. The number of rotatable bonds is 4. The SMILES string of the molecule is O=C(COC(=O)c1cccc(Br)c1)Nc1ccc(Cl)cn1. The second-order valence-electron chi connectivity index (χ2n) is 4.00. The molecule has 1 aromatic carbocycles. The van der Waals surface area contributed by atoms with Gasteiger partial charge in [0.15, 0.2) is 6.61 Å². The van der Waals surface area contributed by atoms with Crippen molar-refractivity contribution in [3.63, 3.8) is 0 Å². The van der Waals surface area contributed by atoms with Gasteiger partial charge in [0, 0.05) is 10.7 Å². The van der Waals surface area contributed by atoms with Crippen LogP contribution in [0.5, 0.6) is 0 Å². The van der Waals surface area contributed by atoms with E-state index in [-0.39, 0.29) is 0 Å². The molecular formula is C14H10BrClN2O3. The first-order valence-electron chi connectivity index (χ1n) is 5.89. The number of carbonyl (C=O) groups excluding carboxylic acids is 2. The lowest BCUT2D eigenvalue weighted by Crippen LogP contribution is -2.21. The molecule has 0 aliphatic rings. The van der Waals surface area contributed by atoms with Crippen LogP contribution in [0, 0.1) is 0 Å².